The van der Waals surface area contributed by atoms with E-state index in [0.29, 0.717) is 24.8 Å². The van der Waals surface area contributed by atoms with E-state index in [4.69, 9.17) is 9.73 Å². The first kappa shape index (κ1) is 16.1. The predicted molar refractivity (Wildman–Crippen MR) is 95.6 cm³/mol. The molecule has 0 spiro atoms. The van der Waals surface area contributed by atoms with E-state index in [1.165, 1.54) is 12.7 Å². The van der Waals surface area contributed by atoms with E-state index < -0.39 is 0 Å². The van der Waals surface area contributed by atoms with Crippen molar-refractivity contribution in [3.8, 4) is 5.69 Å². The van der Waals surface area contributed by atoms with Crippen molar-refractivity contribution in [2.75, 3.05) is 6.54 Å². The van der Waals surface area contributed by atoms with Crippen molar-refractivity contribution in [2.24, 2.45) is 4.99 Å². The Bertz CT molecular complexity index is 712. The average molecular weight is 340 g/mol. The van der Waals surface area contributed by atoms with Crippen molar-refractivity contribution in [3.63, 3.8) is 0 Å². The highest BCUT2D eigenvalue weighted by molar-refractivity contribution is 5.80. The number of guanidine groups is 1. The maximum atomic E-state index is 5.92. The zero-order valence-corrected chi connectivity index (χ0v) is 14.4. The molecule has 132 valence electrons. The molecule has 2 aliphatic rings. The highest BCUT2D eigenvalue weighted by Crippen LogP contribution is 2.34. The smallest absolute Gasteiger partial charge is 0.191 e. The van der Waals surface area contributed by atoms with Crippen LogP contribution in [0.25, 0.3) is 5.69 Å². The van der Waals surface area contributed by atoms with Crippen molar-refractivity contribution in [2.45, 2.75) is 51.0 Å². The van der Waals surface area contributed by atoms with Gasteiger partial charge in [-0.2, -0.15) is 5.10 Å². The number of hydrogen-bond acceptors (Lipinski definition) is 4. The number of fused-ring (bicyclic) bond motifs is 2. The van der Waals surface area contributed by atoms with Crippen LogP contribution >= 0.6 is 0 Å². The maximum Gasteiger partial charge on any atom is 0.191 e. The van der Waals surface area contributed by atoms with E-state index in [1.54, 1.807) is 11.0 Å². The number of aromatic nitrogens is 3. The first-order chi connectivity index (χ1) is 12.3. The fraction of sp³-hybridized carbons (Fsp3) is 0.500. The minimum Gasteiger partial charge on any atom is -0.373 e. The van der Waals surface area contributed by atoms with Crippen LogP contribution in [0.2, 0.25) is 0 Å². The predicted octanol–water partition coefficient (Wildman–Crippen LogP) is 1.64. The van der Waals surface area contributed by atoms with Crippen LogP contribution in [0.4, 0.5) is 0 Å². The Balaban J connectivity index is 1.39. The van der Waals surface area contributed by atoms with Crippen LogP contribution in [0, 0.1) is 0 Å². The summed E-state index contributed by atoms with van der Waals surface area (Å²) in [5, 5.41) is 11.0. The Morgan fingerprint density at radius 3 is 2.84 bits per heavy atom. The summed E-state index contributed by atoms with van der Waals surface area (Å²) in [7, 11) is 0. The van der Waals surface area contributed by atoms with Crippen molar-refractivity contribution in [1.29, 1.82) is 0 Å². The molecule has 25 heavy (non-hydrogen) atoms. The van der Waals surface area contributed by atoms with E-state index in [9.17, 15) is 0 Å². The summed E-state index contributed by atoms with van der Waals surface area (Å²) in [5.74, 6) is 0.865. The number of nitrogens with zero attached hydrogens (tertiary/aromatic N) is 4. The van der Waals surface area contributed by atoms with E-state index >= 15 is 0 Å². The maximum absolute atomic E-state index is 5.92. The van der Waals surface area contributed by atoms with Crippen molar-refractivity contribution >= 4 is 5.96 Å². The minimum absolute atomic E-state index is 0.343. The lowest BCUT2D eigenvalue weighted by molar-refractivity contribution is 0.0992. The molecule has 2 bridgehead atoms. The van der Waals surface area contributed by atoms with Crippen LogP contribution in [-0.4, -0.2) is 45.5 Å². The highest BCUT2D eigenvalue weighted by Gasteiger charge is 2.41. The third-order valence-corrected chi connectivity index (χ3v) is 4.81. The fourth-order valence-corrected chi connectivity index (χ4v) is 3.55. The fourth-order valence-electron chi connectivity index (χ4n) is 3.55. The Labute approximate surface area is 147 Å². The molecular weight excluding hydrogens is 316 g/mol. The highest BCUT2D eigenvalue weighted by atomic mass is 16.5. The van der Waals surface area contributed by atoms with Crippen LogP contribution in [0.15, 0.2) is 41.9 Å². The second-order valence-electron chi connectivity index (χ2n) is 6.56. The van der Waals surface area contributed by atoms with Gasteiger partial charge in [0.2, 0.25) is 0 Å². The van der Waals surface area contributed by atoms with E-state index in [2.05, 4.69) is 39.8 Å². The molecule has 3 unspecified atom stereocenters. The van der Waals surface area contributed by atoms with Gasteiger partial charge in [0.15, 0.2) is 5.96 Å². The van der Waals surface area contributed by atoms with Gasteiger partial charge in [-0.05, 0) is 43.9 Å². The summed E-state index contributed by atoms with van der Waals surface area (Å²) in [6.45, 7) is 3.56. The molecule has 4 rings (SSSR count). The van der Waals surface area contributed by atoms with Crippen LogP contribution < -0.4 is 10.6 Å². The minimum atomic E-state index is 0.343. The lowest BCUT2D eigenvalue weighted by Gasteiger charge is -2.22. The molecule has 7 heteroatoms. The molecule has 2 saturated heterocycles. The molecule has 1 aromatic carbocycles. The summed E-state index contributed by atoms with van der Waals surface area (Å²) in [6, 6.07) is 8.59. The van der Waals surface area contributed by atoms with Crippen molar-refractivity contribution in [1.82, 2.24) is 25.4 Å². The lowest BCUT2D eigenvalue weighted by Crippen LogP contribution is -2.47. The summed E-state index contributed by atoms with van der Waals surface area (Å²) < 4.78 is 7.66. The van der Waals surface area contributed by atoms with E-state index in [1.807, 2.05) is 12.1 Å². The largest absolute Gasteiger partial charge is 0.373 e. The third-order valence-electron chi connectivity index (χ3n) is 4.81. The number of rotatable bonds is 5. The van der Waals surface area contributed by atoms with Gasteiger partial charge in [0.1, 0.15) is 12.7 Å². The second kappa shape index (κ2) is 7.23. The lowest BCUT2D eigenvalue weighted by atomic mass is 9.96. The van der Waals surface area contributed by atoms with E-state index in [0.717, 1.165) is 36.6 Å². The van der Waals surface area contributed by atoms with Gasteiger partial charge in [-0.3, -0.25) is 0 Å². The van der Waals surface area contributed by atoms with Gasteiger partial charge >= 0.3 is 0 Å². The SMILES string of the molecule is CCNC(=NCc1ccc(-n2cncn2)cc1)NC1CC2CCC1O2. The molecule has 0 amide bonds. The topological polar surface area (TPSA) is 76.4 Å². The average Bonchev–Trinajstić information content (AvgIpc) is 3.38. The van der Waals surface area contributed by atoms with Crippen LogP contribution in [0.1, 0.15) is 31.7 Å². The molecule has 2 aromatic rings. The van der Waals surface area contributed by atoms with E-state index in [-0.39, 0.29) is 0 Å². The first-order valence-electron chi connectivity index (χ1n) is 8.96. The molecule has 2 N–H and O–H groups in total. The normalized spacial score (nSPS) is 25.3. The first-order valence-corrected chi connectivity index (χ1v) is 8.96. The molecular formula is C18H24N6O. The van der Waals surface area contributed by atoms with Crippen LogP contribution in [0.5, 0.6) is 0 Å². The molecule has 2 aliphatic heterocycles. The zero-order chi connectivity index (χ0) is 17.1. The molecule has 0 saturated carbocycles. The van der Waals surface area contributed by atoms with Gasteiger partial charge in [0, 0.05) is 6.54 Å². The number of ether oxygens (including phenoxy) is 1. The van der Waals surface area contributed by atoms with Crippen molar-refractivity contribution in [3.05, 3.63) is 42.5 Å². The zero-order valence-electron chi connectivity index (χ0n) is 14.4. The molecule has 7 nitrogen and oxygen atoms in total. The van der Waals surface area contributed by atoms with Gasteiger partial charge < -0.3 is 15.4 Å². The summed E-state index contributed by atoms with van der Waals surface area (Å²) >= 11 is 0. The standard InChI is InChI=1S/C18H24N6O/c1-2-20-18(23-16-9-15-7-8-17(16)25-15)21-10-13-3-5-14(6-4-13)24-12-19-11-22-24/h3-6,11-12,15-17H,2,7-10H2,1H3,(H2,20,21,23). The number of nitrogens with one attached hydrogen (secondary N) is 2. The molecule has 1 aromatic heterocycles. The number of hydrogen-bond donors (Lipinski definition) is 2. The van der Waals surface area contributed by atoms with Crippen LogP contribution in [-0.2, 0) is 11.3 Å². The third kappa shape index (κ3) is 3.66. The van der Waals surface area contributed by atoms with Gasteiger partial charge in [-0.25, -0.2) is 14.7 Å². The molecule has 0 radical (unpaired) electrons. The molecule has 0 aliphatic carbocycles. The monoisotopic (exact) mass is 340 g/mol. The van der Waals surface area contributed by atoms with Crippen LogP contribution in [0.3, 0.4) is 0 Å². The van der Waals surface area contributed by atoms with Gasteiger partial charge in [0.25, 0.3) is 0 Å². The summed E-state index contributed by atoms with van der Waals surface area (Å²) in [5.41, 5.74) is 2.15. The summed E-state index contributed by atoms with van der Waals surface area (Å²) in [6.07, 6.45) is 7.46. The number of benzene rings is 1. The van der Waals surface area contributed by atoms with Crippen molar-refractivity contribution < 1.29 is 4.74 Å². The Morgan fingerprint density at radius 1 is 1.32 bits per heavy atom. The van der Waals surface area contributed by atoms with Gasteiger partial charge in [-0.15, -0.1) is 0 Å². The van der Waals surface area contributed by atoms with Gasteiger partial charge in [0.05, 0.1) is 30.5 Å². The second-order valence-corrected chi connectivity index (χ2v) is 6.56. The molecule has 3 heterocycles. The summed E-state index contributed by atoms with van der Waals surface area (Å²) in [4.78, 5) is 8.70. The Hall–Kier alpha value is -2.41. The quantitative estimate of drug-likeness (QED) is 0.639. The van der Waals surface area contributed by atoms with Gasteiger partial charge in [-0.1, -0.05) is 12.1 Å². The molecule has 3 atom stereocenters. The number of aliphatic imine (C=N–C) groups is 1. The Morgan fingerprint density at radius 2 is 2.20 bits per heavy atom. The Kier molecular flexibility index (Phi) is 4.65. The molecule has 2 fully saturated rings.